The minimum Gasteiger partial charge on any atom is -0.300 e. The summed E-state index contributed by atoms with van der Waals surface area (Å²) < 4.78 is 0. The zero-order valence-corrected chi connectivity index (χ0v) is 6.35. The Bertz CT molecular complexity index is 127. The minimum absolute atomic E-state index is 0.708. The van der Waals surface area contributed by atoms with Gasteiger partial charge in [0.1, 0.15) is 0 Å². The van der Waals surface area contributed by atoms with Crippen LogP contribution < -0.4 is 0 Å². The first kappa shape index (κ1) is 5.72. The van der Waals surface area contributed by atoms with Crippen LogP contribution in [0.2, 0.25) is 0 Å². The van der Waals surface area contributed by atoms with E-state index in [1.165, 1.54) is 25.8 Å². The van der Waals surface area contributed by atoms with Crippen LogP contribution in [0.25, 0.3) is 0 Å². The fourth-order valence-corrected chi connectivity index (χ4v) is 2.26. The SMILES string of the molecule is CC1CN(C)C2(CC2)C1. The molecule has 0 radical (unpaired) electrons. The van der Waals surface area contributed by atoms with Gasteiger partial charge in [0.15, 0.2) is 0 Å². The molecule has 1 unspecified atom stereocenters. The van der Waals surface area contributed by atoms with Gasteiger partial charge in [-0.25, -0.2) is 0 Å². The van der Waals surface area contributed by atoms with Crippen LogP contribution in [0.1, 0.15) is 26.2 Å². The molecule has 2 rings (SSSR count). The summed E-state index contributed by atoms with van der Waals surface area (Å²) in [7, 11) is 2.27. The molecular weight excluding hydrogens is 110 g/mol. The Morgan fingerprint density at radius 1 is 1.44 bits per heavy atom. The molecule has 0 amide bonds. The molecule has 1 saturated heterocycles. The van der Waals surface area contributed by atoms with Crippen molar-refractivity contribution in [1.82, 2.24) is 4.90 Å². The van der Waals surface area contributed by atoms with Crippen molar-refractivity contribution in [2.45, 2.75) is 31.7 Å². The van der Waals surface area contributed by atoms with E-state index in [1.54, 1.807) is 0 Å². The Morgan fingerprint density at radius 2 is 2.11 bits per heavy atom. The van der Waals surface area contributed by atoms with Gasteiger partial charge in [-0.2, -0.15) is 0 Å². The largest absolute Gasteiger partial charge is 0.300 e. The summed E-state index contributed by atoms with van der Waals surface area (Å²) in [6, 6.07) is 0. The van der Waals surface area contributed by atoms with Crippen LogP contribution in [0, 0.1) is 5.92 Å². The van der Waals surface area contributed by atoms with Gasteiger partial charge in [0, 0.05) is 12.1 Å². The van der Waals surface area contributed by atoms with Crippen molar-refractivity contribution in [2.75, 3.05) is 13.6 Å². The van der Waals surface area contributed by atoms with Crippen LogP contribution in [0.15, 0.2) is 0 Å². The predicted octanol–water partition coefficient (Wildman–Crippen LogP) is 1.49. The lowest BCUT2D eigenvalue weighted by atomic mass is 10.1. The van der Waals surface area contributed by atoms with Crippen LogP contribution in [-0.4, -0.2) is 24.0 Å². The van der Waals surface area contributed by atoms with E-state index in [-0.39, 0.29) is 0 Å². The molecule has 2 aliphatic rings. The molecule has 1 aliphatic heterocycles. The molecular formula is C8H15N. The molecule has 1 heterocycles. The Morgan fingerprint density at radius 3 is 2.33 bits per heavy atom. The molecule has 0 aromatic heterocycles. The molecule has 9 heavy (non-hydrogen) atoms. The molecule has 1 nitrogen and oxygen atoms in total. The van der Waals surface area contributed by atoms with Crippen molar-refractivity contribution in [2.24, 2.45) is 5.92 Å². The number of hydrogen-bond donors (Lipinski definition) is 0. The van der Waals surface area contributed by atoms with Crippen molar-refractivity contribution in [3.63, 3.8) is 0 Å². The molecule has 1 aliphatic carbocycles. The van der Waals surface area contributed by atoms with E-state index in [1.807, 2.05) is 0 Å². The second-order valence-electron chi connectivity index (χ2n) is 3.91. The number of rotatable bonds is 0. The summed E-state index contributed by atoms with van der Waals surface area (Å²) in [6.45, 7) is 3.70. The third-order valence-corrected chi connectivity index (χ3v) is 2.95. The first-order chi connectivity index (χ1) is 4.23. The maximum Gasteiger partial charge on any atom is 0.0211 e. The van der Waals surface area contributed by atoms with Gasteiger partial charge in [-0.3, -0.25) is 0 Å². The highest BCUT2D eigenvalue weighted by atomic mass is 15.2. The van der Waals surface area contributed by atoms with Gasteiger partial charge < -0.3 is 4.90 Å². The van der Waals surface area contributed by atoms with Crippen molar-refractivity contribution in [3.05, 3.63) is 0 Å². The van der Waals surface area contributed by atoms with Gasteiger partial charge >= 0.3 is 0 Å². The first-order valence-electron chi connectivity index (χ1n) is 3.94. The molecule has 0 aromatic rings. The number of nitrogens with zero attached hydrogens (tertiary/aromatic N) is 1. The molecule has 0 N–H and O–H groups in total. The zero-order valence-electron chi connectivity index (χ0n) is 6.35. The number of likely N-dealkylation sites (tertiary alicyclic amines) is 1. The Kier molecular flexibility index (Phi) is 0.963. The monoisotopic (exact) mass is 125 g/mol. The standard InChI is InChI=1S/C8H15N/c1-7-5-8(3-4-8)9(2)6-7/h7H,3-6H2,1-2H3. The Hall–Kier alpha value is -0.0400. The van der Waals surface area contributed by atoms with Gasteiger partial charge in [-0.05, 0) is 32.2 Å². The van der Waals surface area contributed by atoms with Gasteiger partial charge in [0.25, 0.3) is 0 Å². The highest BCUT2D eigenvalue weighted by molar-refractivity contribution is 5.07. The van der Waals surface area contributed by atoms with E-state index in [9.17, 15) is 0 Å². The minimum atomic E-state index is 0.708. The van der Waals surface area contributed by atoms with E-state index < -0.39 is 0 Å². The second-order valence-corrected chi connectivity index (χ2v) is 3.91. The van der Waals surface area contributed by atoms with Gasteiger partial charge in [-0.15, -0.1) is 0 Å². The van der Waals surface area contributed by atoms with Crippen molar-refractivity contribution in [3.8, 4) is 0 Å². The fourth-order valence-electron chi connectivity index (χ4n) is 2.26. The molecule has 52 valence electrons. The van der Waals surface area contributed by atoms with E-state index in [4.69, 9.17) is 0 Å². The summed E-state index contributed by atoms with van der Waals surface area (Å²) in [5, 5.41) is 0. The van der Waals surface area contributed by atoms with E-state index in [2.05, 4.69) is 18.9 Å². The second kappa shape index (κ2) is 1.51. The molecule has 1 spiro atoms. The van der Waals surface area contributed by atoms with Crippen LogP contribution in [-0.2, 0) is 0 Å². The summed E-state index contributed by atoms with van der Waals surface area (Å²) in [6.07, 6.45) is 4.39. The van der Waals surface area contributed by atoms with Crippen molar-refractivity contribution < 1.29 is 0 Å². The summed E-state index contributed by atoms with van der Waals surface area (Å²) >= 11 is 0. The lowest BCUT2D eigenvalue weighted by molar-refractivity contribution is 0.290. The third kappa shape index (κ3) is 0.710. The molecule has 0 aromatic carbocycles. The topological polar surface area (TPSA) is 3.24 Å². The molecule has 1 heteroatoms. The van der Waals surface area contributed by atoms with E-state index in [0.29, 0.717) is 5.54 Å². The zero-order chi connectivity index (χ0) is 6.48. The summed E-state index contributed by atoms with van der Waals surface area (Å²) in [5.74, 6) is 0.956. The van der Waals surface area contributed by atoms with Gasteiger partial charge in [0.2, 0.25) is 0 Å². The highest BCUT2D eigenvalue weighted by Gasteiger charge is 2.50. The van der Waals surface area contributed by atoms with Crippen LogP contribution in [0.4, 0.5) is 0 Å². The highest BCUT2D eigenvalue weighted by Crippen LogP contribution is 2.50. The molecule has 2 fully saturated rings. The third-order valence-electron chi connectivity index (χ3n) is 2.95. The normalized spacial score (nSPS) is 40.0. The lowest BCUT2D eigenvalue weighted by Crippen LogP contribution is -2.26. The smallest absolute Gasteiger partial charge is 0.0211 e. The predicted molar refractivity (Wildman–Crippen MR) is 38.4 cm³/mol. The quantitative estimate of drug-likeness (QED) is 0.474. The maximum atomic E-state index is 2.55. The Balaban J connectivity index is 2.10. The van der Waals surface area contributed by atoms with Crippen molar-refractivity contribution >= 4 is 0 Å². The Labute approximate surface area is 57.0 Å². The summed E-state index contributed by atoms with van der Waals surface area (Å²) in [5.41, 5.74) is 0.708. The average Bonchev–Trinajstić information content (AvgIpc) is 2.42. The summed E-state index contributed by atoms with van der Waals surface area (Å²) in [4.78, 5) is 2.55. The first-order valence-corrected chi connectivity index (χ1v) is 3.94. The van der Waals surface area contributed by atoms with Crippen molar-refractivity contribution in [1.29, 1.82) is 0 Å². The number of hydrogen-bond acceptors (Lipinski definition) is 1. The van der Waals surface area contributed by atoms with E-state index in [0.717, 1.165) is 5.92 Å². The van der Waals surface area contributed by atoms with Gasteiger partial charge in [0.05, 0.1) is 0 Å². The lowest BCUT2D eigenvalue weighted by Gasteiger charge is -2.16. The van der Waals surface area contributed by atoms with E-state index >= 15 is 0 Å². The molecule has 0 bridgehead atoms. The van der Waals surface area contributed by atoms with Gasteiger partial charge in [-0.1, -0.05) is 6.92 Å². The van der Waals surface area contributed by atoms with Crippen LogP contribution in [0.5, 0.6) is 0 Å². The van der Waals surface area contributed by atoms with Crippen LogP contribution >= 0.6 is 0 Å². The fraction of sp³-hybridized carbons (Fsp3) is 1.00. The maximum absolute atomic E-state index is 2.55. The van der Waals surface area contributed by atoms with Crippen LogP contribution in [0.3, 0.4) is 0 Å². The molecule has 1 atom stereocenters. The molecule has 1 saturated carbocycles. The average molecular weight is 125 g/mol.